The van der Waals surface area contributed by atoms with Crippen LogP contribution in [0.5, 0.6) is 5.75 Å². The molecule has 0 spiro atoms. The highest BCUT2D eigenvalue weighted by Gasteiger charge is 2.10. The van der Waals surface area contributed by atoms with Gasteiger partial charge >= 0.3 is 0 Å². The number of aliphatic hydroxyl groups is 2. The van der Waals surface area contributed by atoms with Crippen LogP contribution < -0.4 is 4.74 Å². The summed E-state index contributed by atoms with van der Waals surface area (Å²) in [5.41, 5.74) is 0.217. The third kappa shape index (κ3) is 4.30. The molecule has 1 rings (SSSR count). The first-order valence-electron chi connectivity index (χ1n) is 5.32. The van der Waals surface area contributed by atoms with Crippen LogP contribution >= 0.6 is 0 Å². The van der Waals surface area contributed by atoms with Crippen molar-refractivity contribution in [3.8, 4) is 5.75 Å². The number of rotatable bonds is 6. The molecule has 0 bridgehead atoms. The molecule has 1 aromatic rings. The van der Waals surface area contributed by atoms with Gasteiger partial charge in [-0.05, 0) is 19.1 Å². The molecule has 0 fully saturated rings. The highest BCUT2D eigenvalue weighted by Crippen LogP contribution is 2.21. The highest BCUT2D eigenvalue weighted by atomic mass is 19.1. The Kier molecular flexibility index (Phi) is 5.34. The smallest absolute Gasteiger partial charge is 0.132 e. The first kappa shape index (κ1) is 13.9. The second-order valence-electron chi connectivity index (χ2n) is 3.78. The number of aliphatic hydroxyl groups excluding tert-OH is 2. The second-order valence-corrected chi connectivity index (χ2v) is 3.78. The number of methoxy groups -OCH3 is 1. The summed E-state index contributed by atoms with van der Waals surface area (Å²) in [6, 6.07) is 4.18. The van der Waals surface area contributed by atoms with E-state index in [9.17, 15) is 14.6 Å². The monoisotopic (exact) mass is 244 g/mol. The van der Waals surface area contributed by atoms with Gasteiger partial charge in [0, 0.05) is 18.7 Å². The number of ether oxygens (including phenoxy) is 2. The zero-order valence-corrected chi connectivity index (χ0v) is 9.89. The van der Waals surface area contributed by atoms with Gasteiger partial charge in [0.1, 0.15) is 24.3 Å². The van der Waals surface area contributed by atoms with E-state index in [-0.39, 0.29) is 18.8 Å². The maximum absolute atomic E-state index is 13.4. The van der Waals surface area contributed by atoms with Gasteiger partial charge in [0.2, 0.25) is 0 Å². The fraction of sp³-hybridized carbons (Fsp3) is 0.500. The van der Waals surface area contributed by atoms with Crippen molar-refractivity contribution in [2.75, 3.05) is 20.3 Å². The molecule has 0 aromatic heterocycles. The average Bonchev–Trinajstić information content (AvgIpc) is 2.26. The maximum atomic E-state index is 13.4. The van der Waals surface area contributed by atoms with Crippen LogP contribution in [0.1, 0.15) is 18.6 Å². The van der Waals surface area contributed by atoms with Crippen LogP contribution in [0.25, 0.3) is 0 Å². The Balaban J connectivity index is 2.58. The van der Waals surface area contributed by atoms with Crippen molar-refractivity contribution in [2.24, 2.45) is 0 Å². The molecule has 1 unspecified atom stereocenters. The third-order valence-electron chi connectivity index (χ3n) is 2.22. The van der Waals surface area contributed by atoms with Crippen LogP contribution in [0.15, 0.2) is 18.2 Å². The number of benzene rings is 1. The van der Waals surface area contributed by atoms with Gasteiger partial charge in [0.25, 0.3) is 0 Å². The normalized spacial score (nSPS) is 14.4. The van der Waals surface area contributed by atoms with Crippen molar-refractivity contribution < 1.29 is 24.1 Å². The minimum absolute atomic E-state index is 0.0291. The summed E-state index contributed by atoms with van der Waals surface area (Å²) in [4.78, 5) is 0. The molecule has 0 radical (unpaired) electrons. The first-order chi connectivity index (χ1) is 8.04. The summed E-state index contributed by atoms with van der Waals surface area (Å²) >= 11 is 0. The highest BCUT2D eigenvalue weighted by molar-refractivity contribution is 5.30. The predicted octanol–water partition coefficient (Wildman–Crippen LogP) is 1.27. The first-order valence-corrected chi connectivity index (χ1v) is 5.32. The summed E-state index contributed by atoms with van der Waals surface area (Å²) in [7, 11) is 1.47. The molecule has 1 aromatic carbocycles. The Morgan fingerprint density at radius 1 is 1.29 bits per heavy atom. The topological polar surface area (TPSA) is 58.9 Å². The standard InChI is InChI=1S/C12H17FO4/c1-8(14)11-4-3-10(5-12(11)13)17-7-9(15)6-16-2/h3-5,8-9,14-15H,6-7H2,1-2H3/t8-,9?/m0/s1. The molecular weight excluding hydrogens is 227 g/mol. The van der Waals surface area contributed by atoms with Gasteiger partial charge in [0.15, 0.2) is 0 Å². The van der Waals surface area contributed by atoms with Crippen molar-refractivity contribution in [1.82, 2.24) is 0 Å². The Bertz CT molecular complexity index is 354. The molecule has 0 amide bonds. The lowest BCUT2D eigenvalue weighted by Crippen LogP contribution is -2.22. The van der Waals surface area contributed by atoms with Crippen molar-refractivity contribution in [3.05, 3.63) is 29.6 Å². The van der Waals surface area contributed by atoms with Crippen molar-refractivity contribution >= 4 is 0 Å². The summed E-state index contributed by atoms with van der Waals surface area (Å²) in [5.74, 6) is -0.221. The van der Waals surface area contributed by atoms with Crippen LogP contribution in [0, 0.1) is 5.82 Å². The van der Waals surface area contributed by atoms with E-state index in [0.29, 0.717) is 5.75 Å². The SMILES string of the molecule is COCC(O)COc1ccc([C@H](C)O)c(F)c1. The van der Waals surface area contributed by atoms with Crippen LogP contribution in [0.2, 0.25) is 0 Å². The molecule has 0 saturated heterocycles. The zero-order valence-electron chi connectivity index (χ0n) is 9.89. The van der Waals surface area contributed by atoms with Crippen molar-refractivity contribution in [3.63, 3.8) is 0 Å². The number of halogens is 1. The van der Waals surface area contributed by atoms with Gasteiger partial charge in [-0.25, -0.2) is 4.39 Å². The van der Waals surface area contributed by atoms with Gasteiger partial charge < -0.3 is 19.7 Å². The van der Waals surface area contributed by atoms with Gasteiger partial charge in [-0.1, -0.05) is 0 Å². The Morgan fingerprint density at radius 3 is 2.53 bits per heavy atom. The van der Waals surface area contributed by atoms with E-state index in [1.165, 1.54) is 26.2 Å². The Hall–Kier alpha value is -1.17. The average molecular weight is 244 g/mol. The minimum Gasteiger partial charge on any atom is -0.491 e. The zero-order chi connectivity index (χ0) is 12.8. The van der Waals surface area contributed by atoms with Crippen LogP contribution in [0.3, 0.4) is 0 Å². The summed E-state index contributed by atoms with van der Waals surface area (Å²) < 4.78 is 23.4. The van der Waals surface area contributed by atoms with Crippen LogP contribution in [0.4, 0.5) is 4.39 Å². The second kappa shape index (κ2) is 6.54. The van der Waals surface area contributed by atoms with Crippen molar-refractivity contribution in [2.45, 2.75) is 19.1 Å². The fourth-order valence-electron chi connectivity index (χ4n) is 1.37. The molecule has 4 nitrogen and oxygen atoms in total. The molecule has 0 aliphatic carbocycles. The molecule has 5 heteroatoms. The lowest BCUT2D eigenvalue weighted by atomic mass is 10.1. The quantitative estimate of drug-likeness (QED) is 0.791. The lowest BCUT2D eigenvalue weighted by Gasteiger charge is -2.12. The molecular formula is C12H17FO4. The van der Waals surface area contributed by atoms with E-state index in [1.807, 2.05) is 0 Å². The van der Waals surface area contributed by atoms with E-state index in [0.717, 1.165) is 0 Å². The molecule has 96 valence electrons. The Morgan fingerprint density at radius 2 is 2.00 bits per heavy atom. The van der Waals surface area contributed by atoms with E-state index in [1.54, 1.807) is 6.07 Å². The molecule has 0 heterocycles. The lowest BCUT2D eigenvalue weighted by molar-refractivity contribution is 0.0324. The van der Waals surface area contributed by atoms with Gasteiger partial charge in [-0.2, -0.15) is 0 Å². The van der Waals surface area contributed by atoms with Crippen LogP contribution in [-0.4, -0.2) is 36.6 Å². The summed E-state index contributed by atoms with van der Waals surface area (Å²) in [6.45, 7) is 1.68. The molecule has 17 heavy (non-hydrogen) atoms. The third-order valence-corrected chi connectivity index (χ3v) is 2.22. The molecule has 0 aliphatic heterocycles. The fourth-order valence-corrected chi connectivity index (χ4v) is 1.37. The molecule has 0 saturated carbocycles. The maximum Gasteiger partial charge on any atom is 0.132 e. The van der Waals surface area contributed by atoms with Crippen molar-refractivity contribution in [1.29, 1.82) is 0 Å². The largest absolute Gasteiger partial charge is 0.491 e. The van der Waals surface area contributed by atoms with Crippen LogP contribution in [-0.2, 0) is 4.74 Å². The van der Waals surface area contributed by atoms with E-state index < -0.39 is 18.0 Å². The molecule has 2 N–H and O–H groups in total. The van der Waals surface area contributed by atoms with Gasteiger partial charge in [0.05, 0.1) is 12.7 Å². The summed E-state index contributed by atoms with van der Waals surface area (Å²) in [5, 5.41) is 18.6. The van der Waals surface area contributed by atoms with E-state index in [4.69, 9.17) is 9.47 Å². The number of hydrogen-bond acceptors (Lipinski definition) is 4. The minimum atomic E-state index is -0.858. The predicted molar refractivity (Wildman–Crippen MR) is 60.4 cm³/mol. The van der Waals surface area contributed by atoms with Gasteiger partial charge in [-0.3, -0.25) is 0 Å². The van der Waals surface area contributed by atoms with Gasteiger partial charge in [-0.15, -0.1) is 0 Å². The van der Waals surface area contributed by atoms with E-state index in [2.05, 4.69) is 0 Å². The Labute approximate surface area is 99.6 Å². The molecule has 2 atom stereocenters. The van der Waals surface area contributed by atoms with E-state index >= 15 is 0 Å². The number of hydrogen-bond donors (Lipinski definition) is 2. The molecule has 0 aliphatic rings. The summed E-state index contributed by atoms with van der Waals surface area (Å²) in [6.07, 6.45) is -1.61.